The van der Waals surface area contributed by atoms with Crippen LogP contribution in [-0.2, 0) is 0 Å². The van der Waals surface area contributed by atoms with E-state index in [0.29, 0.717) is 11.7 Å². The second-order valence-electron chi connectivity index (χ2n) is 3.97. The molecule has 0 atom stereocenters. The van der Waals surface area contributed by atoms with Crippen LogP contribution in [0.1, 0.15) is 0 Å². The standard InChI is InChI=1S/C15H17N3S/c16-10-11-19-15(17)18-14-9-5-4-8-13(14)12-6-2-1-3-7-12/h1-9H,10-11,16H2,(H2,17,18). The Hall–Kier alpha value is -1.78. The molecule has 0 aliphatic carbocycles. The molecule has 0 radical (unpaired) electrons. The van der Waals surface area contributed by atoms with Crippen LogP contribution in [0, 0.1) is 0 Å². The molecule has 0 spiro atoms. The third-order valence-electron chi connectivity index (χ3n) is 2.59. The zero-order chi connectivity index (χ0) is 13.5. The second-order valence-corrected chi connectivity index (χ2v) is 5.09. The van der Waals surface area contributed by atoms with Crippen molar-refractivity contribution in [2.24, 2.45) is 16.5 Å². The normalized spacial score (nSPS) is 11.5. The highest BCUT2D eigenvalue weighted by Gasteiger charge is 2.03. The van der Waals surface area contributed by atoms with Crippen molar-refractivity contribution in [2.75, 3.05) is 12.3 Å². The van der Waals surface area contributed by atoms with Crippen molar-refractivity contribution in [1.82, 2.24) is 0 Å². The van der Waals surface area contributed by atoms with E-state index in [-0.39, 0.29) is 0 Å². The molecule has 98 valence electrons. The molecule has 4 N–H and O–H groups in total. The van der Waals surface area contributed by atoms with Crippen LogP contribution in [0.4, 0.5) is 5.69 Å². The number of hydrogen-bond acceptors (Lipinski definition) is 3. The zero-order valence-corrected chi connectivity index (χ0v) is 11.4. The predicted octanol–water partition coefficient (Wildman–Crippen LogP) is 2.99. The topological polar surface area (TPSA) is 64.4 Å². The first-order chi connectivity index (χ1) is 9.31. The quantitative estimate of drug-likeness (QED) is 0.663. The molecule has 2 aromatic rings. The zero-order valence-electron chi connectivity index (χ0n) is 10.6. The minimum atomic E-state index is 0.550. The summed E-state index contributed by atoms with van der Waals surface area (Å²) in [7, 11) is 0. The van der Waals surface area contributed by atoms with Gasteiger partial charge in [0.15, 0.2) is 5.17 Å². The number of aliphatic imine (C=N–C) groups is 1. The summed E-state index contributed by atoms with van der Waals surface area (Å²) >= 11 is 1.48. The van der Waals surface area contributed by atoms with Gasteiger partial charge >= 0.3 is 0 Å². The van der Waals surface area contributed by atoms with E-state index in [9.17, 15) is 0 Å². The Bertz CT molecular complexity index is 552. The van der Waals surface area contributed by atoms with Crippen LogP contribution >= 0.6 is 11.8 Å². The molecule has 0 saturated carbocycles. The van der Waals surface area contributed by atoms with E-state index in [0.717, 1.165) is 22.6 Å². The molecule has 0 amide bonds. The number of amidine groups is 1. The Morgan fingerprint density at radius 1 is 1.00 bits per heavy atom. The minimum Gasteiger partial charge on any atom is -0.378 e. The number of benzene rings is 2. The van der Waals surface area contributed by atoms with E-state index < -0.39 is 0 Å². The van der Waals surface area contributed by atoms with Gasteiger partial charge in [0, 0.05) is 17.9 Å². The lowest BCUT2D eigenvalue weighted by atomic mass is 10.0. The van der Waals surface area contributed by atoms with Crippen molar-refractivity contribution in [3.63, 3.8) is 0 Å². The Labute approximate surface area is 117 Å². The molecule has 0 unspecified atom stereocenters. The van der Waals surface area contributed by atoms with Crippen LogP contribution in [0.15, 0.2) is 59.6 Å². The molecule has 0 heterocycles. The average Bonchev–Trinajstić information content (AvgIpc) is 2.46. The number of nitrogens with zero attached hydrogens (tertiary/aromatic N) is 1. The first kappa shape index (κ1) is 13.6. The van der Waals surface area contributed by atoms with E-state index in [1.807, 2.05) is 36.4 Å². The Morgan fingerprint density at radius 2 is 1.68 bits per heavy atom. The van der Waals surface area contributed by atoms with Crippen LogP contribution in [0.25, 0.3) is 11.1 Å². The van der Waals surface area contributed by atoms with E-state index in [1.54, 1.807) is 0 Å². The lowest BCUT2D eigenvalue weighted by Crippen LogP contribution is -2.11. The first-order valence-electron chi connectivity index (χ1n) is 6.12. The maximum Gasteiger partial charge on any atom is 0.159 e. The van der Waals surface area contributed by atoms with Gasteiger partial charge in [-0.05, 0) is 11.6 Å². The van der Waals surface area contributed by atoms with Crippen molar-refractivity contribution < 1.29 is 0 Å². The van der Waals surface area contributed by atoms with Crippen molar-refractivity contribution >= 4 is 22.6 Å². The summed E-state index contributed by atoms with van der Waals surface area (Å²) in [5, 5.41) is 0.550. The maximum absolute atomic E-state index is 5.90. The first-order valence-corrected chi connectivity index (χ1v) is 7.11. The van der Waals surface area contributed by atoms with Crippen molar-refractivity contribution in [2.45, 2.75) is 0 Å². The summed E-state index contributed by atoms with van der Waals surface area (Å²) in [5.74, 6) is 0.781. The van der Waals surface area contributed by atoms with Crippen LogP contribution in [-0.4, -0.2) is 17.5 Å². The molecule has 0 saturated heterocycles. The fraction of sp³-hybridized carbons (Fsp3) is 0.133. The number of thioether (sulfide) groups is 1. The van der Waals surface area contributed by atoms with Gasteiger partial charge in [-0.15, -0.1) is 0 Å². The van der Waals surface area contributed by atoms with Gasteiger partial charge in [-0.2, -0.15) is 0 Å². The monoisotopic (exact) mass is 271 g/mol. The Morgan fingerprint density at radius 3 is 2.42 bits per heavy atom. The summed E-state index contributed by atoms with van der Waals surface area (Å²) < 4.78 is 0. The van der Waals surface area contributed by atoms with Gasteiger partial charge in [-0.25, -0.2) is 4.99 Å². The summed E-state index contributed by atoms with van der Waals surface area (Å²) in [6, 6.07) is 18.2. The largest absolute Gasteiger partial charge is 0.378 e. The minimum absolute atomic E-state index is 0.550. The highest BCUT2D eigenvalue weighted by molar-refractivity contribution is 8.13. The molecule has 0 aliphatic rings. The molecular weight excluding hydrogens is 254 g/mol. The van der Waals surface area contributed by atoms with Gasteiger partial charge in [0.2, 0.25) is 0 Å². The summed E-state index contributed by atoms with van der Waals surface area (Å²) in [4.78, 5) is 4.47. The lowest BCUT2D eigenvalue weighted by Gasteiger charge is -2.06. The predicted molar refractivity (Wildman–Crippen MR) is 84.7 cm³/mol. The molecule has 0 bridgehead atoms. The molecule has 3 nitrogen and oxygen atoms in total. The third-order valence-corrected chi connectivity index (χ3v) is 3.41. The molecule has 0 aliphatic heterocycles. The SMILES string of the molecule is NCCSC(N)=Nc1ccccc1-c1ccccc1. The summed E-state index contributed by atoms with van der Waals surface area (Å²) in [5.41, 5.74) is 14.5. The van der Waals surface area contributed by atoms with Gasteiger partial charge in [0.1, 0.15) is 0 Å². The van der Waals surface area contributed by atoms with Crippen LogP contribution < -0.4 is 11.5 Å². The number of para-hydroxylation sites is 1. The molecule has 2 rings (SSSR count). The van der Waals surface area contributed by atoms with Gasteiger partial charge in [-0.3, -0.25) is 0 Å². The number of rotatable bonds is 4. The number of hydrogen-bond donors (Lipinski definition) is 2. The Kier molecular flexibility index (Phi) is 5.01. The smallest absolute Gasteiger partial charge is 0.159 e. The third kappa shape index (κ3) is 3.84. The van der Waals surface area contributed by atoms with Gasteiger partial charge in [0.05, 0.1) is 5.69 Å². The van der Waals surface area contributed by atoms with Crippen molar-refractivity contribution in [3.05, 3.63) is 54.6 Å². The molecule has 0 aromatic heterocycles. The maximum atomic E-state index is 5.90. The van der Waals surface area contributed by atoms with E-state index in [2.05, 4.69) is 23.2 Å². The lowest BCUT2D eigenvalue weighted by molar-refractivity contribution is 1.15. The van der Waals surface area contributed by atoms with Crippen molar-refractivity contribution in [3.8, 4) is 11.1 Å². The van der Waals surface area contributed by atoms with Gasteiger partial charge < -0.3 is 11.5 Å². The highest BCUT2D eigenvalue weighted by Crippen LogP contribution is 2.30. The Balaban J connectivity index is 2.32. The summed E-state index contributed by atoms with van der Waals surface area (Å²) in [6.45, 7) is 0.598. The molecule has 0 fully saturated rings. The highest BCUT2D eigenvalue weighted by atomic mass is 32.2. The number of nitrogens with two attached hydrogens (primary N) is 2. The molecule has 2 aromatic carbocycles. The molecule has 4 heteroatoms. The molecule has 19 heavy (non-hydrogen) atoms. The van der Waals surface area contributed by atoms with Gasteiger partial charge in [-0.1, -0.05) is 60.3 Å². The average molecular weight is 271 g/mol. The summed E-state index contributed by atoms with van der Waals surface area (Å²) in [6.07, 6.45) is 0. The van der Waals surface area contributed by atoms with E-state index >= 15 is 0 Å². The fourth-order valence-corrected chi connectivity index (χ4v) is 2.24. The van der Waals surface area contributed by atoms with E-state index in [1.165, 1.54) is 11.8 Å². The molecular formula is C15H17N3S. The van der Waals surface area contributed by atoms with Crippen LogP contribution in [0.3, 0.4) is 0 Å². The van der Waals surface area contributed by atoms with Crippen LogP contribution in [0.5, 0.6) is 0 Å². The fourth-order valence-electron chi connectivity index (χ4n) is 1.75. The second kappa shape index (κ2) is 6.97. The van der Waals surface area contributed by atoms with Crippen LogP contribution in [0.2, 0.25) is 0 Å². The van der Waals surface area contributed by atoms with Crippen molar-refractivity contribution in [1.29, 1.82) is 0 Å². The van der Waals surface area contributed by atoms with E-state index in [4.69, 9.17) is 11.5 Å². The van der Waals surface area contributed by atoms with Gasteiger partial charge in [0.25, 0.3) is 0 Å².